The molecule has 5 aromatic rings. The SMILES string of the molecule is Cc1cc(C(=O)Nc2ccn(Cc3ccccc3F)n2)c2c(C)nn(-c3ccccc3)c2n1. The zero-order valence-electron chi connectivity index (χ0n) is 18.2. The predicted octanol–water partition coefficient (Wildman–Crippen LogP) is 4.67. The highest BCUT2D eigenvalue weighted by Crippen LogP contribution is 2.25. The number of nitrogens with one attached hydrogen (secondary N) is 1. The van der Waals surface area contributed by atoms with E-state index in [1.54, 1.807) is 45.9 Å². The summed E-state index contributed by atoms with van der Waals surface area (Å²) < 4.78 is 17.3. The average Bonchev–Trinajstić information content (AvgIpc) is 3.39. The molecular formula is C25H21FN6O. The Morgan fingerprint density at radius 1 is 1.00 bits per heavy atom. The number of hydrogen-bond donors (Lipinski definition) is 1. The van der Waals surface area contributed by atoms with Crippen LogP contribution >= 0.6 is 0 Å². The van der Waals surface area contributed by atoms with Gasteiger partial charge in [-0.1, -0.05) is 36.4 Å². The summed E-state index contributed by atoms with van der Waals surface area (Å²) in [4.78, 5) is 17.9. The lowest BCUT2D eigenvalue weighted by Gasteiger charge is -2.07. The number of carbonyl (C=O) groups excluding carboxylic acids is 1. The second kappa shape index (κ2) is 8.31. The number of hydrogen-bond acceptors (Lipinski definition) is 4. The summed E-state index contributed by atoms with van der Waals surface area (Å²) in [5.74, 6) is -0.219. The second-order valence-corrected chi connectivity index (χ2v) is 7.79. The first-order valence-corrected chi connectivity index (χ1v) is 10.5. The number of anilines is 1. The summed E-state index contributed by atoms with van der Waals surface area (Å²) in [6.45, 7) is 3.97. The van der Waals surface area contributed by atoms with Crippen LogP contribution < -0.4 is 5.32 Å². The van der Waals surface area contributed by atoms with Gasteiger partial charge in [-0.2, -0.15) is 10.2 Å². The molecule has 0 atom stereocenters. The van der Waals surface area contributed by atoms with Gasteiger partial charge < -0.3 is 5.32 Å². The molecule has 0 saturated heterocycles. The Morgan fingerprint density at radius 3 is 2.55 bits per heavy atom. The molecule has 0 aliphatic rings. The van der Waals surface area contributed by atoms with Gasteiger partial charge in [0.1, 0.15) is 5.82 Å². The lowest BCUT2D eigenvalue weighted by atomic mass is 10.1. The maximum Gasteiger partial charge on any atom is 0.257 e. The van der Waals surface area contributed by atoms with Crippen molar-refractivity contribution in [3.8, 4) is 5.69 Å². The fourth-order valence-electron chi connectivity index (χ4n) is 3.84. The molecule has 0 spiro atoms. The van der Waals surface area contributed by atoms with Gasteiger partial charge in [-0.05, 0) is 38.1 Å². The molecule has 0 fully saturated rings. The summed E-state index contributed by atoms with van der Waals surface area (Å²) >= 11 is 0. The molecule has 0 saturated carbocycles. The first kappa shape index (κ1) is 20.6. The molecule has 3 heterocycles. The van der Waals surface area contributed by atoms with Crippen LogP contribution in [0.5, 0.6) is 0 Å². The van der Waals surface area contributed by atoms with E-state index in [9.17, 15) is 9.18 Å². The van der Waals surface area contributed by atoms with Crippen molar-refractivity contribution in [2.75, 3.05) is 5.32 Å². The molecule has 0 aliphatic carbocycles. The van der Waals surface area contributed by atoms with Gasteiger partial charge in [0.05, 0.1) is 28.9 Å². The number of pyridine rings is 1. The molecule has 2 aromatic carbocycles. The van der Waals surface area contributed by atoms with Gasteiger partial charge in [0.25, 0.3) is 5.91 Å². The molecule has 0 radical (unpaired) electrons. The summed E-state index contributed by atoms with van der Waals surface area (Å²) in [6.07, 6.45) is 1.70. The smallest absolute Gasteiger partial charge is 0.257 e. The van der Waals surface area contributed by atoms with Crippen molar-refractivity contribution in [3.05, 3.63) is 101 Å². The number of rotatable bonds is 5. The van der Waals surface area contributed by atoms with Crippen LogP contribution in [-0.2, 0) is 6.54 Å². The Labute approximate surface area is 189 Å². The minimum absolute atomic E-state index is 0.268. The first-order chi connectivity index (χ1) is 16.0. The van der Waals surface area contributed by atoms with Gasteiger partial charge in [0.15, 0.2) is 11.5 Å². The van der Waals surface area contributed by atoms with Gasteiger partial charge >= 0.3 is 0 Å². The second-order valence-electron chi connectivity index (χ2n) is 7.79. The lowest BCUT2D eigenvalue weighted by molar-refractivity contribution is 0.102. The number of halogens is 1. The van der Waals surface area contributed by atoms with E-state index in [1.807, 2.05) is 44.2 Å². The fourth-order valence-corrected chi connectivity index (χ4v) is 3.84. The van der Waals surface area contributed by atoms with E-state index >= 15 is 0 Å². The molecule has 1 N–H and O–H groups in total. The van der Waals surface area contributed by atoms with Crippen molar-refractivity contribution in [2.24, 2.45) is 0 Å². The highest BCUT2D eigenvalue weighted by Gasteiger charge is 2.20. The zero-order valence-corrected chi connectivity index (χ0v) is 18.2. The Kier molecular flexibility index (Phi) is 5.18. The maximum atomic E-state index is 13.9. The van der Waals surface area contributed by atoms with Crippen LogP contribution in [0.15, 0.2) is 72.9 Å². The van der Waals surface area contributed by atoms with Gasteiger partial charge in [-0.25, -0.2) is 14.1 Å². The zero-order chi connectivity index (χ0) is 22.9. The molecule has 0 bridgehead atoms. The number of amides is 1. The van der Waals surface area contributed by atoms with E-state index in [0.29, 0.717) is 39.4 Å². The molecular weight excluding hydrogens is 419 g/mol. The highest BCUT2D eigenvalue weighted by molar-refractivity contribution is 6.12. The molecule has 0 unspecified atom stereocenters. The summed E-state index contributed by atoms with van der Waals surface area (Å²) in [7, 11) is 0. The van der Waals surface area contributed by atoms with Crippen LogP contribution in [-0.4, -0.2) is 30.5 Å². The summed E-state index contributed by atoms with van der Waals surface area (Å²) in [5, 5.41) is 12.5. The van der Waals surface area contributed by atoms with Gasteiger partial charge in [-0.15, -0.1) is 0 Å². The largest absolute Gasteiger partial charge is 0.305 e. The number of para-hydroxylation sites is 1. The van der Waals surface area contributed by atoms with E-state index in [2.05, 4.69) is 20.5 Å². The summed E-state index contributed by atoms with van der Waals surface area (Å²) in [5.41, 5.74) is 3.89. The number of benzene rings is 2. The summed E-state index contributed by atoms with van der Waals surface area (Å²) in [6, 6.07) is 19.7. The van der Waals surface area contributed by atoms with Crippen LogP contribution in [0.25, 0.3) is 16.7 Å². The third-order valence-electron chi connectivity index (χ3n) is 5.36. The van der Waals surface area contributed by atoms with Gasteiger partial charge in [-0.3, -0.25) is 9.48 Å². The standard InChI is InChI=1S/C25H21FN6O/c1-16-14-20(23-17(2)29-32(24(23)27-16)19-9-4-3-5-10-19)25(33)28-22-12-13-31(30-22)15-18-8-6-7-11-21(18)26/h3-14H,15H2,1-2H3,(H,28,30,33). The van der Waals surface area contributed by atoms with E-state index in [4.69, 9.17) is 0 Å². The number of fused-ring (bicyclic) bond motifs is 1. The highest BCUT2D eigenvalue weighted by atomic mass is 19.1. The quantitative estimate of drug-likeness (QED) is 0.431. The molecule has 5 rings (SSSR count). The Morgan fingerprint density at radius 2 is 1.76 bits per heavy atom. The van der Waals surface area contributed by atoms with Crippen LogP contribution in [0.2, 0.25) is 0 Å². The minimum atomic E-state index is -0.308. The Balaban J connectivity index is 1.45. The van der Waals surface area contributed by atoms with Crippen LogP contribution in [0.3, 0.4) is 0 Å². The Hall–Kier alpha value is -4.33. The molecule has 33 heavy (non-hydrogen) atoms. The van der Waals surface area contributed by atoms with E-state index < -0.39 is 0 Å². The van der Waals surface area contributed by atoms with Crippen LogP contribution in [0.4, 0.5) is 10.2 Å². The third-order valence-corrected chi connectivity index (χ3v) is 5.36. The predicted molar refractivity (Wildman–Crippen MR) is 124 cm³/mol. The maximum absolute atomic E-state index is 13.9. The fraction of sp³-hybridized carbons (Fsp3) is 0.120. The van der Waals surface area contributed by atoms with Crippen LogP contribution in [0.1, 0.15) is 27.3 Å². The minimum Gasteiger partial charge on any atom is -0.305 e. The molecule has 164 valence electrons. The van der Waals surface area contributed by atoms with Gasteiger partial charge in [0.2, 0.25) is 0 Å². The number of aryl methyl sites for hydroxylation is 2. The van der Waals surface area contributed by atoms with Crippen molar-refractivity contribution >= 4 is 22.8 Å². The monoisotopic (exact) mass is 440 g/mol. The number of carbonyl (C=O) groups is 1. The normalized spacial score (nSPS) is 11.1. The lowest BCUT2D eigenvalue weighted by Crippen LogP contribution is -2.14. The van der Waals surface area contributed by atoms with Crippen LogP contribution in [0, 0.1) is 19.7 Å². The molecule has 7 nitrogen and oxygen atoms in total. The average molecular weight is 440 g/mol. The van der Waals surface area contributed by atoms with Crippen molar-refractivity contribution < 1.29 is 9.18 Å². The number of aromatic nitrogens is 5. The Bertz CT molecular complexity index is 1470. The molecule has 8 heteroatoms. The van der Waals surface area contributed by atoms with Crippen molar-refractivity contribution in [1.29, 1.82) is 0 Å². The van der Waals surface area contributed by atoms with Crippen molar-refractivity contribution in [3.63, 3.8) is 0 Å². The topological polar surface area (TPSA) is 77.6 Å². The van der Waals surface area contributed by atoms with Gasteiger partial charge in [0, 0.05) is 23.5 Å². The molecule has 3 aromatic heterocycles. The van der Waals surface area contributed by atoms with E-state index in [1.165, 1.54) is 6.07 Å². The van der Waals surface area contributed by atoms with Crippen molar-refractivity contribution in [2.45, 2.75) is 20.4 Å². The number of nitrogens with zero attached hydrogens (tertiary/aromatic N) is 5. The first-order valence-electron chi connectivity index (χ1n) is 10.5. The van der Waals surface area contributed by atoms with E-state index in [0.717, 1.165) is 5.69 Å². The molecule has 0 aliphatic heterocycles. The van der Waals surface area contributed by atoms with Crippen molar-refractivity contribution in [1.82, 2.24) is 24.5 Å². The van der Waals surface area contributed by atoms with E-state index in [-0.39, 0.29) is 18.3 Å². The third kappa shape index (κ3) is 3.98. The molecule has 1 amide bonds.